The topological polar surface area (TPSA) is 142 Å². The van der Waals surface area contributed by atoms with E-state index in [1.54, 1.807) is 12.4 Å². The molecule has 0 aliphatic carbocycles. The molecule has 0 saturated carbocycles. The van der Waals surface area contributed by atoms with Crippen LogP contribution in [0.15, 0.2) is 18.5 Å². The van der Waals surface area contributed by atoms with Gasteiger partial charge in [-0.15, -0.1) is 0 Å². The highest BCUT2D eigenvalue weighted by atomic mass is 19.1. The molecule has 3 fully saturated rings. The largest absolute Gasteiger partial charge is 0.370 e. The quantitative estimate of drug-likeness (QED) is 0.333. The minimum Gasteiger partial charge on any atom is -0.370 e. The SMILES string of the molecule is CN1CCC[C@@H]1C(=O)C1CCN(c2ccncc2NC(=O)C(C(N)N)C2NCC(F)CN2)CC1. The van der Waals surface area contributed by atoms with Crippen LogP contribution in [-0.2, 0) is 9.59 Å². The number of Topliss-reactive ketones (excluding diaryl/α,β-unsaturated/α-hetero) is 1. The Labute approximate surface area is 200 Å². The highest BCUT2D eigenvalue weighted by Crippen LogP contribution is 2.31. The van der Waals surface area contributed by atoms with E-state index in [9.17, 15) is 14.0 Å². The van der Waals surface area contributed by atoms with E-state index in [4.69, 9.17) is 11.5 Å². The zero-order valence-corrected chi connectivity index (χ0v) is 19.8. The summed E-state index contributed by atoms with van der Waals surface area (Å²) in [4.78, 5) is 34.7. The molecule has 1 unspecified atom stereocenters. The van der Waals surface area contributed by atoms with Gasteiger partial charge >= 0.3 is 0 Å². The molecule has 0 spiro atoms. The number of rotatable bonds is 7. The Balaban J connectivity index is 1.40. The molecule has 11 heteroatoms. The number of amides is 1. The summed E-state index contributed by atoms with van der Waals surface area (Å²) in [5.74, 6) is -0.719. The average Bonchev–Trinajstić information content (AvgIpc) is 3.26. The summed E-state index contributed by atoms with van der Waals surface area (Å²) in [7, 11) is 2.03. The zero-order valence-electron chi connectivity index (χ0n) is 19.8. The van der Waals surface area contributed by atoms with Crippen molar-refractivity contribution in [1.29, 1.82) is 0 Å². The first kappa shape index (κ1) is 24.9. The van der Waals surface area contributed by atoms with Gasteiger partial charge in [-0.05, 0) is 45.3 Å². The number of likely N-dealkylation sites (N-methyl/N-ethyl adjacent to an activating group) is 1. The highest BCUT2D eigenvalue weighted by molar-refractivity contribution is 5.96. The van der Waals surface area contributed by atoms with Crippen molar-refractivity contribution < 1.29 is 14.0 Å². The Bertz CT molecular complexity index is 855. The third-order valence-corrected chi connectivity index (χ3v) is 7.34. The standard InChI is InChI=1S/C23H37FN8O2/c1-31-8-2-3-18(31)20(33)14-5-9-32(10-6-14)17-4-7-27-13-16(17)30-23(34)19(21(25)26)22-28-11-15(24)12-29-22/h4,7,13-15,18-19,21-22,28-29H,2-3,5-6,8-12,25-26H2,1H3,(H,30,34)/t15?,18-,19?,22?/m1/s1. The van der Waals surface area contributed by atoms with E-state index in [2.05, 4.69) is 30.7 Å². The van der Waals surface area contributed by atoms with E-state index < -0.39 is 24.4 Å². The van der Waals surface area contributed by atoms with Gasteiger partial charge in [0, 0.05) is 38.3 Å². The van der Waals surface area contributed by atoms with Crippen molar-refractivity contribution in [1.82, 2.24) is 20.5 Å². The van der Waals surface area contributed by atoms with E-state index in [1.807, 2.05) is 13.1 Å². The predicted molar refractivity (Wildman–Crippen MR) is 129 cm³/mol. The lowest BCUT2D eigenvalue weighted by Gasteiger charge is -2.36. The van der Waals surface area contributed by atoms with Crippen LogP contribution in [0, 0.1) is 11.8 Å². The second kappa shape index (κ2) is 11.0. The molecule has 0 aromatic carbocycles. The monoisotopic (exact) mass is 476 g/mol. The van der Waals surface area contributed by atoms with E-state index in [1.165, 1.54) is 0 Å². The van der Waals surface area contributed by atoms with Gasteiger partial charge in [-0.3, -0.25) is 30.1 Å². The molecule has 0 bridgehead atoms. The van der Waals surface area contributed by atoms with Gasteiger partial charge < -0.3 is 21.7 Å². The second-order valence-corrected chi connectivity index (χ2v) is 9.68. The van der Waals surface area contributed by atoms with Crippen LogP contribution in [0.3, 0.4) is 0 Å². The Kier molecular flexibility index (Phi) is 8.10. The smallest absolute Gasteiger partial charge is 0.233 e. The Morgan fingerprint density at radius 1 is 1.18 bits per heavy atom. The number of likely N-dealkylation sites (tertiary alicyclic amines) is 1. The maximum atomic E-state index is 13.5. The normalized spacial score (nSPS) is 27.7. The number of pyridine rings is 1. The molecule has 4 rings (SSSR count). The molecule has 1 amide bonds. The van der Waals surface area contributed by atoms with Crippen molar-refractivity contribution in [3.8, 4) is 0 Å². The van der Waals surface area contributed by atoms with Crippen LogP contribution in [0.25, 0.3) is 0 Å². The first-order chi connectivity index (χ1) is 16.3. The van der Waals surface area contributed by atoms with Crippen LogP contribution in [0.4, 0.5) is 15.8 Å². The second-order valence-electron chi connectivity index (χ2n) is 9.68. The molecule has 2 atom stereocenters. The van der Waals surface area contributed by atoms with Gasteiger partial charge in [-0.1, -0.05) is 0 Å². The fourth-order valence-corrected chi connectivity index (χ4v) is 5.38. The number of carbonyl (C=O) groups is 2. The summed E-state index contributed by atoms with van der Waals surface area (Å²) in [6, 6.07) is 1.92. The highest BCUT2D eigenvalue weighted by Gasteiger charge is 2.37. The van der Waals surface area contributed by atoms with E-state index in [0.29, 0.717) is 11.5 Å². The number of aromatic nitrogens is 1. The minimum atomic E-state index is -1.03. The molecule has 1 aromatic heterocycles. The van der Waals surface area contributed by atoms with E-state index in [0.717, 1.165) is 51.0 Å². The Morgan fingerprint density at radius 3 is 2.50 bits per heavy atom. The summed E-state index contributed by atoms with van der Waals surface area (Å²) in [6.07, 6.45) is 4.42. The number of nitrogens with zero attached hydrogens (tertiary/aromatic N) is 3. The maximum Gasteiger partial charge on any atom is 0.233 e. The fourth-order valence-electron chi connectivity index (χ4n) is 5.38. The third-order valence-electron chi connectivity index (χ3n) is 7.34. The number of alkyl halides is 1. The molecule has 1 aromatic rings. The first-order valence-electron chi connectivity index (χ1n) is 12.2. The molecule has 188 valence electrons. The van der Waals surface area contributed by atoms with Crippen molar-refractivity contribution in [3.63, 3.8) is 0 Å². The molecule has 3 aliphatic heterocycles. The van der Waals surface area contributed by atoms with Crippen LogP contribution in [0.1, 0.15) is 25.7 Å². The summed E-state index contributed by atoms with van der Waals surface area (Å²) >= 11 is 0. The number of anilines is 2. The van der Waals surface area contributed by atoms with Gasteiger partial charge in [0.15, 0.2) is 5.78 Å². The maximum absolute atomic E-state index is 13.5. The van der Waals surface area contributed by atoms with Crippen LogP contribution in [-0.4, -0.2) is 85.9 Å². The zero-order chi connectivity index (χ0) is 24.2. The number of piperidine rings is 1. The van der Waals surface area contributed by atoms with Crippen molar-refractivity contribution in [2.24, 2.45) is 23.3 Å². The van der Waals surface area contributed by atoms with Crippen molar-refractivity contribution in [3.05, 3.63) is 18.5 Å². The molecular formula is C23H37FN8O2. The summed E-state index contributed by atoms with van der Waals surface area (Å²) < 4.78 is 13.5. The van der Waals surface area contributed by atoms with Gasteiger partial charge in [0.25, 0.3) is 0 Å². The summed E-state index contributed by atoms with van der Waals surface area (Å²) in [5.41, 5.74) is 13.3. The Hall–Kier alpha value is -2.18. The lowest BCUT2D eigenvalue weighted by atomic mass is 9.88. The number of nitrogens with one attached hydrogen (secondary N) is 3. The van der Waals surface area contributed by atoms with Gasteiger partial charge in [-0.2, -0.15) is 0 Å². The van der Waals surface area contributed by atoms with E-state index in [-0.39, 0.29) is 31.0 Å². The molecule has 7 N–H and O–H groups in total. The Morgan fingerprint density at radius 2 is 1.88 bits per heavy atom. The number of ketones is 1. The van der Waals surface area contributed by atoms with Gasteiger partial charge in [0.05, 0.1) is 41.9 Å². The molecule has 10 nitrogen and oxygen atoms in total. The summed E-state index contributed by atoms with van der Waals surface area (Å²) in [6.45, 7) is 2.71. The van der Waals surface area contributed by atoms with Crippen LogP contribution in [0.5, 0.6) is 0 Å². The minimum absolute atomic E-state index is 0.0550. The lowest BCUT2D eigenvalue weighted by molar-refractivity contribution is -0.127. The predicted octanol–water partition coefficient (Wildman–Crippen LogP) is -0.383. The third kappa shape index (κ3) is 5.55. The number of halogens is 1. The van der Waals surface area contributed by atoms with Gasteiger partial charge in [0.1, 0.15) is 6.17 Å². The van der Waals surface area contributed by atoms with Crippen LogP contribution >= 0.6 is 0 Å². The molecule has 3 aliphatic rings. The molecular weight excluding hydrogens is 439 g/mol. The molecule has 3 saturated heterocycles. The van der Waals surface area contributed by atoms with Crippen LogP contribution in [0.2, 0.25) is 0 Å². The summed E-state index contributed by atoms with van der Waals surface area (Å²) in [5, 5.41) is 8.87. The van der Waals surface area contributed by atoms with Crippen molar-refractivity contribution >= 4 is 23.1 Å². The fraction of sp³-hybridized carbons (Fsp3) is 0.696. The number of hydrogen-bond acceptors (Lipinski definition) is 9. The van der Waals surface area contributed by atoms with Crippen molar-refractivity contribution in [2.75, 3.05) is 50.0 Å². The number of hydrogen-bond donors (Lipinski definition) is 5. The molecule has 4 heterocycles. The molecule has 34 heavy (non-hydrogen) atoms. The molecule has 0 radical (unpaired) electrons. The van der Waals surface area contributed by atoms with E-state index >= 15 is 0 Å². The van der Waals surface area contributed by atoms with Gasteiger partial charge in [0.2, 0.25) is 5.91 Å². The van der Waals surface area contributed by atoms with Crippen molar-refractivity contribution in [2.45, 2.75) is 50.2 Å². The average molecular weight is 477 g/mol. The number of nitrogens with two attached hydrogens (primary N) is 2. The lowest BCUT2D eigenvalue weighted by Crippen LogP contribution is -2.64. The first-order valence-corrected chi connectivity index (χ1v) is 12.2. The number of carbonyl (C=O) groups excluding carboxylic acids is 2. The van der Waals surface area contributed by atoms with Crippen LogP contribution < -0.4 is 32.3 Å². The van der Waals surface area contributed by atoms with Gasteiger partial charge in [-0.25, -0.2) is 4.39 Å².